The Labute approximate surface area is 140 Å². The number of benzene rings is 2. The Morgan fingerprint density at radius 1 is 1.17 bits per heavy atom. The van der Waals surface area contributed by atoms with Crippen molar-refractivity contribution >= 4 is 20.2 Å². The number of phenols is 1. The highest BCUT2D eigenvalue weighted by molar-refractivity contribution is 7.48. The minimum absolute atomic E-state index is 0.121. The summed E-state index contributed by atoms with van der Waals surface area (Å²) in [4.78, 5) is 11.4. The highest BCUT2D eigenvalue weighted by atomic mass is 31.1. The molecular weight excluding hydrogens is 303 g/mol. The average molecular weight is 328 g/mol. The Balaban J connectivity index is 2.55. The molecular formula is C20H25O2P. The number of aryl methyl sites for hydroxylation is 1. The molecule has 0 aliphatic heterocycles. The van der Waals surface area contributed by atoms with Crippen LogP contribution in [0.3, 0.4) is 0 Å². The minimum Gasteiger partial charge on any atom is -0.508 e. The highest BCUT2D eigenvalue weighted by Crippen LogP contribution is 2.50. The van der Waals surface area contributed by atoms with E-state index in [2.05, 4.69) is 26.8 Å². The Hall–Kier alpha value is -1.66. The Morgan fingerprint density at radius 3 is 2.57 bits per heavy atom. The molecule has 2 aromatic carbocycles. The molecule has 0 fully saturated rings. The van der Waals surface area contributed by atoms with E-state index in [1.807, 2.05) is 30.3 Å². The predicted molar refractivity (Wildman–Crippen MR) is 99.5 cm³/mol. The summed E-state index contributed by atoms with van der Waals surface area (Å²) in [7, 11) is 0.457. The standard InChI is InChI=1S/C20H25O2P/c1-4-12-20(5-2,17-13-15(3)10-11-18(17)22)23-19-9-7-6-8-16(19)14-21/h6-11,13-14,22-23H,4-5,12H2,1-3H3. The lowest BCUT2D eigenvalue weighted by atomic mass is 9.89. The van der Waals surface area contributed by atoms with Crippen LogP contribution in [0.15, 0.2) is 42.5 Å². The topological polar surface area (TPSA) is 37.3 Å². The molecule has 0 aliphatic rings. The zero-order valence-electron chi connectivity index (χ0n) is 14.1. The molecule has 0 saturated carbocycles. The first kappa shape index (κ1) is 17.7. The number of aldehydes is 1. The van der Waals surface area contributed by atoms with Gasteiger partial charge in [-0.05, 0) is 31.1 Å². The fraction of sp³-hybridized carbons (Fsp3) is 0.350. The maximum absolute atomic E-state index is 11.4. The zero-order valence-corrected chi connectivity index (χ0v) is 15.1. The first-order chi connectivity index (χ1) is 11.1. The smallest absolute Gasteiger partial charge is 0.150 e. The molecule has 0 bridgehead atoms. The van der Waals surface area contributed by atoms with Crippen LogP contribution < -0.4 is 5.30 Å². The summed E-state index contributed by atoms with van der Waals surface area (Å²) in [6.07, 6.45) is 3.90. The van der Waals surface area contributed by atoms with Gasteiger partial charge in [0.15, 0.2) is 6.29 Å². The van der Waals surface area contributed by atoms with E-state index in [0.717, 1.165) is 47.5 Å². The van der Waals surface area contributed by atoms with Gasteiger partial charge in [0.25, 0.3) is 0 Å². The van der Waals surface area contributed by atoms with E-state index in [1.165, 1.54) is 0 Å². The lowest BCUT2D eigenvalue weighted by Crippen LogP contribution is -2.24. The van der Waals surface area contributed by atoms with Crippen molar-refractivity contribution in [3.8, 4) is 5.75 Å². The molecule has 2 nitrogen and oxygen atoms in total. The van der Waals surface area contributed by atoms with Crippen LogP contribution in [0.5, 0.6) is 5.75 Å². The van der Waals surface area contributed by atoms with Gasteiger partial charge >= 0.3 is 0 Å². The molecule has 0 radical (unpaired) electrons. The molecule has 2 atom stereocenters. The van der Waals surface area contributed by atoms with Crippen molar-refractivity contribution in [2.45, 2.75) is 45.2 Å². The van der Waals surface area contributed by atoms with Crippen LogP contribution in [0.1, 0.15) is 54.6 Å². The third kappa shape index (κ3) is 3.82. The van der Waals surface area contributed by atoms with Gasteiger partial charge in [-0.1, -0.05) is 70.8 Å². The molecule has 2 aromatic rings. The van der Waals surface area contributed by atoms with Gasteiger partial charge in [0, 0.05) is 16.3 Å². The fourth-order valence-electron chi connectivity index (χ4n) is 3.15. The first-order valence-corrected chi connectivity index (χ1v) is 9.18. The molecule has 0 spiro atoms. The van der Waals surface area contributed by atoms with Crippen LogP contribution in [0.4, 0.5) is 0 Å². The summed E-state index contributed by atoms with van der Waals surface area (Å²) in [6, 6.07) is 13.6. The van der Waals surface area contributed by atoms with Gasteiger partial charge in [-0.15, -0.1) is 0 Å². The summed E-state index contributed by atoms with van der Waals surface area (Å²) in [6.45, 7) is 6.40. The molecule has 3 heteroatoms. The monoisotopic (exact) mass is 328 g/mol. The van der Waals surface area contributed by atoms with Gasteiger partial charge in [0.2, 0.25) is 0 Å². The Kier molecular flexibility index (Phi) is 5.96. The molecule has 2 rings (SSSR count). The summed E-state index contributed by atoms with van der Waals surface area (Å²) in [5.41, 5.74) is 2.92. The van der Waals surface area contributed by atoms with E-state index in [0.29, 0.717) is 14.3 Å². The molecule has 0 heterocycles. The Morgan fingerprint density at radius 2 is 1.91 bits per heavy atom. The van der Waals surface area contributed by atoms with Crippen molar-refractivity contribution in [1.82, 2.24) is 0 Å². The van der Waals surface area contributed by atoms with Crippen LogP contribution in [-0.2, 0) is 5.16 Å². The van der Waals surface area contributed by atoms with Crippen molar-refractivity contribution < 1.29 is 9.90 Å². The first-order valence-electron chi connectivity index (χ1n) is 8.18. The normalized spacial score (nSPS) is 14.0. The molecule has 23 heavy (non-hydrogen) atoms. The third-order valence-electron chi connectivity index (χ3n) is 4.41. The van der Waals surface area contributed by atoms with E-state index in [9.17, 15) is 9.90 Å². The summed E-state index contributed by atoms with van der Waals surface area (Å²) in [5.74, 6) is 0.363. The van der Waals surface area contributed by atoms with Gasteiger partial charge in [-0.25, -0.2) is 0 Å². The number of rotatable bonds is 7. The quantitative estimate of drug-likeness (QED) is 0.578. The second-order valence-electron chi connectivity index (χ2n) is 6.04. The van der Waals surface area contributed by atoms with E-state index >= 15 is 0 Å². The second-order valence-corrected chi connectivity index (χ2v) is 7.78. The van der Waals surface area contributed by atoms with Crippen LogP contribution in [0, 0.1) is 6.92 Å². The number of aromatic hydroxyl groups is 1. The van der Waals surface area contributed by atoms with Crippen molar-refractivity contribution in [1.29, 1.82) is 0 Å². The highest BCUT2D eigenvalue weighted by Gasteiger charge is 2.33. The van der Waals surface area contributed by atoms with Gasteiger partial charge in [-0.3, -0.25) is 4.79 Å². The van der Waals surface area contributed by atoms with E-state index < -0.39 is 0 Å². The van der Waals surface area contributed by atoms with Crippen molar-refractivity contribution in [2.75, 3.05) is 0 Å². The summed E-state index contributed by atoms with van der Waals surface area (Å²) >= 11 is 0. The van der Waals surface area contributed by atoms with Crippen LogP contribution in [0.2, 0.25) is 0 Å². The number of hydrogen-bond donors (Lipinski definition) is 1. The predicted octanol–water partition coefficient (Wildman–Crippen LogP) is 4.92. The van der Waals surface area contributed by atoms with Crippen LogP contribution >= 0.6 is 8.58 Å². The second kappa shape index (κ2) is 7.75. The van der Waals surface area contributed by atoms with Gasteiger partial charge in [-0.2, -0.15) is 0 Å². The molecule has 0 amide bonds. The molecule has 122 valence electrons. The zero-order chi connectivity index (χ0) is 16.9. The van der Waals surface area contributed by atoms with Gasteiger partial charge in [0.1, 0.15) is 5.75 Å². The number of carbonyl (C=O) groups excluding carboxylic acids is 1. The third-order valence-corrected chi connectivity index (χ3v) is 6.49. The van der Waals surface area contributed by atoms with Crippen molar-refractivity contribution in [2.24, 2.45) is 0 Å². The fourth-order valence-corrected chi connectivity index (χ4v) is 5.02. The number of phenolic OH excluding ortho intramolecular Hbond substituents is 1. The minimum atomic E-state index is -0.121. The van der Waals surface area contributed by atoms with E-state index in [-0.39, 0.29) is 5.16 Å². The average Bonchev–Trinajstić information content (AvgIpc) is 2.57. The maximum atomic E-state index is 11.4. The van der Waals surface area contributed by atoms with E-state index in [1.54, 1.807) is 6.07 Å². The maximum Gasteiger partial charge on any atom is 0.150 e. The summed E-state index contributed by atoms with van der Waals surface area (Å²) in [5, 5.41) is 11.4. The molecule has 0 saturated heterocycles. The van der Waals surface area contributed by atoms with Gasteiger partial charge in [0.05, 0.1) is 0 Å². The van der Waals surface area contributed by atoms with Crippen LogP contribution in [-0.4, -0.2) is 11.4 Å². The van der Waals surface area contributed by atoms with E-state index in [4.69, 9.17) is 0 Å². The van der Waals surface area contributed by atoms with Gasteiger partial charge < -0.3 is 5.11 Å². The van der Waals surface area contributed by atoms with Crippen LogP contribution in [0.25, 0.3) is 0 Å². The Bertz CT molecular complexity index is 681. The number of hydrogen-bond acceptors (Lipinski definition) is 2. The lowest BCUT2D eigenvalue weighted by molar-refractivity contribution is 0.112. The number of carbonyl (C=O) groups is 1. The van der Waals surface area contributed by atoms with Crippen molar-refractivity contribution in [3.63, 3.8) is 0 Å². The largest absolute Gasteiger partial charge is 0.508 e. The molecule has 2 unspecified atom stereocenters. The summed E-state index contributed by atoms with van der Waals surface area (Å²) < 4.78 is 0. The van der Waals surface area contributed by atoms with Crippen molar-refractivity contribution in [3.05, 3.63) is 59.2 Å². The molecule has 1 N–H and O–H groups in total. The lowest BCUT2D eigenvalue weighted by Gasteiger charge is -2.35. The SMILES string of the molecule is CCCC(CC)(Pc1ccccc1C=O)c1cc(C)ccc1O. The molecule has 0 aromatic heterocycles. The molecule has 0 aliphatic carbocycles.